The highest BCUT2D eigenvalue weighted by atomic mass is 16.3. The van der Waals surface area contributed by atoms with Gasteiger partial charge in [-0.25, -0.2) is 5.43 Å². The molecule has 1 N–H and O–H groups in total. The lowest BCUT2D eigenvalue weighted by atomic mass is 10.2. The van der Waals surface area contributed by atoms with Gasteiger partial charge in [0, 0.05) is 26.1 Å². The quantitative estimate of drug-likeness (QED) is 0.574. The number of anilines is 1. The number of nitrogens with zero attached hydrogens (tertiary/aromatic N) is 1. The van der Waals surface area contributed by atoms with E-state index in [1.54, 1.807) is 6.26 Å². The van der Waals surface area contributed by atoms with Crippen molar-refractivity contribution in [2.24, 2.45) is 0 Å². The van der Waals surface area contributed by atoms with Gasteiger partial charge in [0.15, 0.2) is 0 Å². The van der Waals surface area contributed by atoms with E-state index in [0.29, 0.717) is 0 Å². The molecule has 3 heteroatoms. The minimum atomic E-state index is 0.969. The van der Waals surface area contributed by atoms with Gasteiger partial charge in [-0.1, -0.05) is 0 Å². The second-order valence-electron chi connectivity index (χ2n) is 2.45. The van der Waals surface area contributed by atoms with E-state index in [2.05, 4.69) is 5.43 Å². The molecule has 0 aromatic carbocycles. The molecule has 1 aliphatic rings. The number of fused-ring (bicyclic) bond motifs is 1. The Labute approximate surface area is 59.6 Å². The lowest BCUT2D eigenvalue weighted by Crippen LogP contribution is -2.39. The lowest BCUT2D eigenvalue weighted by Gasteiger charge is -2.23. The number of furan rings is 1. The summed E-state index contributed by atoms with van der Waals surface area (Å²) in [6, 6.07) is 1.97. The van der Waals surface area contributed by atoms with Gasteiger partial charge in [0.2, 0.25) is 0 Å². The zero-order valence-corrected chi connectivity index (χ0v) is 5.92. The molecule has 54 valence electrons. The average molecular weight is 138 g/mol. The molecule has 0 amide bonds. The van der Waals surface area contributed by atoms with E-state index in [1.807, 2.05) is 18.1 Å². The first kappa shape index (κ1) is 5.80. The van der Waals surface area contributed by atoms with Gasteiger partial charge in [-0.15, -0.1) is 0 Å². The van der Waals surface area contributed by atoms with E-state index in [1.165, 1.54) is 0 Å². The molecule has 1 aromatic heterocycles. The van der Waals surface area contributed by atoms with Crippen molar-refractivity contribution >= 4 is 5.69 Å². The number of hydrogen-bond donors (Lipinski definition) is 1. The molecule has 0 bridgehead atoms. The number of rotatable bonds is 0. The summed E-state index contributed by atoms with van der Waals surface area (Å²) in [6.45, 7) is 0.969. The van der Waals surface area contributed by atoms with Crippen LogP contribution in [-0.2, 0) is 6.42 Å². The van der Waals surface area contributed by atoms with Crippen molar-refractivity contribution in [1.82, 2.24) is 5.43 Å². The van der Waals surface area contributed by atoms with Crippen LogP contribution in [0.4, 0.5) is 5.69 Å². The predicted molar refractivity (Wildman–Crippen MR) is 38.8 cm³/mol. The van der Waals surface area contributed by atoms with Crippen molar-refractivity contribution in [1.29, 1.82) is 0 Å². The van der Waals surface area contributed by atoms with Gasteiger partial charge in [0.25, 0.3) is 0 Å². The molecule has 0 atom stereocenters. The van der Waals surface area contributed by atoms with Gasteiger partial charge in [0.1, 0.15) is 5.76 Å². The summed E-state index contributed by atoms with van der Waals surface area (Å²) in [5.74, 6) is 1.08. The maximum absolute atomic E-state index is 5.24. The van der Waals surface area contributed by atoms with Gasteiger partial charge in [-0.05, 0) is 0 Å². The predicted octanol–water partition coefficient (Wildman–Crippen LogP) is 0.776. The van der Waals surface area contributed by atoms with Crippen molar-refractivity contribution in [3.63, 3.8) is 0 Å². The molecule has 3 nitrogen and oxygen atoms in total. The Morgan fingerprint density at radius 2 is 2.60 bits per heavy atom. The summed E-state index contributed by atoms with van der Waals surface area (Å²) in [5, 5.41) is 1.99. The third kappa shape index (κ3) is 0.708. The monoisotopic (exact) mass is 138 g/mol. The van der Waals surface area contributed by atoms with Crippen LogP contribution < -0.4 is 10.4 Å². The zero-order chi connectivity index (χ0) is 6.97. The molecule has 0 spiro atoms. The van der Waals surface area contributed by atoms with Gasteiger partial charge in [-0.3, -0.25) is 0 Å². The molecule has 0 unspecified atom stereocenters. The molecule has 1 aromatic rings. The van der Waals surface area contributed by atoms with Crippen LogP contribution in [-0.4, -0.2) is 13.6 Å². The Bertz CT molecular complexity index is 231. The highest BCUT2D eigenvalue weighted by molar-refractivity contribution is 5.49. The lowest BCUT2D eigenvalue weighted by molar-refractivity contribution is 0.481. The third-order valence-corrected chi connectivity index (χ3v) is 1.78. The average Bonchev–Trinajstić information content (AvgIpc) is 2.36. The van der Waals surface area contributed by atoms with Gasteiger partial charge >= 0.3 is 0 Å². The third-order valence-electron chi connectivity index (χ3n) is 1.78. The summed E-state index contributed by atoms with van der Waals surface area (Å²) in [7, 11) is 1.99. The van der Waals surface area contributed by atoms with Crippen LogP contribution in [0.2, 0.25) is 0 Å². The van der Waals surface area contributed by atoms with E-state index in [4.69, 9.17) is 4.42 Å². The molecular formula is C7H10N2O. The Kier molecular flexibility index (Phi) is 1.17. The minimum absolute atomic E-state index is 0.969. The topological polar surface area (TPSA) is 28.4 Å². The van der Waals surface area contributed by atoms with E-state index < -0.39 is 0 Å². The van der Waals surface area contributed by atoms with Gasteiger partial charge in [0.05, 0.1) is 12.0 Å². The fourth-order valence-electron chi connectivity index (χ4n) is 1.24. The highest BCUT2D eigenvalue weighted by Crippen LogP contribution is 2.22. The van der Waals surface area contributed by atoms with Crippen LogP contribution >= 0.6 is 0 Å². The van der Waals surface area contributed by atoms with Gasteiger partial charge < -0.3 is 9.43 Å². The first-order valence-electron chi connectivity index (χ1n) is 3.41. The normalized spacial score (nSPS) is 17.1. The number of nitrogens with one attached hydrogen (secondary N) is 1. The second-order valence-corrected chi connectivity index (χ2v) is 2.45. The van der Waals surface area contributed by atoms with Crippen LogP contribution in [0.25, 0.3) is 0 Å². The van der Waals surface area contributed by atoms with Crippen LogP contribution in [0.1, 0.15) is 5.76 Å². The maximum atomic E-state index is 5.24. The summed E-state index contributed by atoms with van der Waals surface area (Å²) in [4.78, 5) is 0. The minimum Gasteiger partial charge on any atom is -0.467 e. The van der Waals surface area contributed by atoms with Crippen LogP contribution in [0.15, 0.2) is 16.7 Å². The summed E-state index contributed by atoms with van der Waals surface area (Å²) >= 11 is 0. The van der Waals surface area contributed by atoms with Crippen LogP contribution in [0.3, 0.4) is 0 Å². The molecule has 0 saturated heterocycles. The van der Waals surface area contributed by atoms with E-state index >= 15 is 0 Å². The Hall–Kier alpha value is -0.960. The van der Waals surface area contributed by atoms with Gasteiger partial charge in [-0.2, -0.15) is 0 Å². The van der Waals surface area contributed by atoms with Crippen LogP contribution in [0.5, 0.6) is 0 Å². The molecule has 0 fully saturated rings. The first-order chi connectivity index (χ1) is 4.88. The molecule has 0 radical (unpaired) electrons. The van der Waals surface area contributed by atoms with E-state index in [9.17, 15) is 0 Å². The van der Waals surface area contributed by atoms with E-state index in [0.717, 1.165) is 24.4 Å². The first-order valence-corrected chi connectivity index (χ1v) is 3.41. The van der Waals surface area contributed by atoms with Crippen molar-refractivity contribution in [3.8, 4) is 0 Å². The second kappa shape index (κ2) is 2.02. The highest BCUT2D eigenvalue weighted by Gasteiger charge is 2.14. The fraction of sp³-hybridized carbons (Fsp3) is 0.429. The van der Waals surface area contributed by atoms with Crippen molar-refractivity contribution < 1.29 is 4.42 Å². The number of hydrazine groups is 1. The molecule has 0 saturated carbocycles. The van der Waals surface area contributed by atoms with Crippen LogP contribution in [0, 0.1) is 0 Å². The Balaban J connectivity index is 2.41. The van der Waals surface area contributed by atoms with Crippen molar-refractivity contribution in [2.45, 2.75) is 6.42 Å². The molecule has 0 aliphatic carbocycles. The zero-order valence-electron chi connectivity index (χ0n) is 5.92. The fourth-order valence-corrected chi connectivity index (χ4v) is 1.24. The SMILES string of the molecule is CN1NCCc2occc21. The smallest absolute Gasteiger partial charge is 0.129 e. The van der Waals surface area contributed by atoms with Crippen molar-refractivity contribution in [2.75, 3.05) is 18.6 Å². The summed E-state index contributed by atoms with van der Waals surface area (Å²) < 4.78 is 5.24. The Morgan fingerprint density at radius 3 is 3.40 bits per heavy atom. The molecule has 1 aliphatic heterocycles. The standard InChI is InChI=1S/C7H10N2O/c1-9-6-3-5-10-7(6)2-4-8-9/h3,5,8H,2,4H2,1H3. The number of hydrogen-bond acceptors (Lipinski definition) is 3. The summed E-state index contributed by atoms with van der Waals surface area (Å²) in [5.41, 5.74) is 4.36. The molecule has 10 heavy (non-hydrogen) atoms. The van der Waals surface area contributed by atoms with Crippen molar-refractivity contribution in [3.05, 3.63) is 18.1 Å². The molecular weight excluding hydrogens is 128 g/mol. The molecule has 2 heterocycles. The maximum Gasteiger partial charge on any atom is 0.129 e. The largest absolute Gasteiger partial charge is 0.467 e. The summed E-state index contributed by atoms with van der Waals surface area (Å²) in [6.07, 6.45) is 2.72. The Morgan fingerprint density at radius 1 is 1.70 bits per heavy atom. The molecule has 2 rings (SSSR count). The van der Waals surface area contributed by atoms with E-state index in [-0.39, 0.29) is 0 Å².